The molecule has 0 saturated heterocycles. The Labute approximate surface area is 85.9 Å². The molecular formula is C12H19NO. The van der Waals surface area contributed by atoms with Crippen molar-refractivity contribution in [3.05, 3.63) is 0 Å². The number of nitrogens with zero attached hydrogens (tertiary/aromatic N) is 1. The molecule has 2 aliphatic carbocycles. The maximum atomic E-state index is 10.7. The van der Waals surface area contributed by atoms with Gasteiger partial charge in [0.05, 0.1) is 17.6 Å². The van der Waals surface area contributed by atoms with E-state index in [1.807, 2.05) is 0 Å². The summed E-state index contributed by atoms with van der Waals surface area (Å²) in [6, 6.07) is 2.31. The zero-order chi connectivity index (χ0) is 10.6. The zero-order valence-corrected chi connectivity index (χ0v) is 9.25. The molecule has 0 aromatic rings. The van der Waals surface area contributed by atoms with Crippen LogP contribution in [0.1, 0.15) is 40.0 Å². The van der Waals surface area contributed by atoms with Crippen LogP contribution in [0.3, 0.4) is 0 Å². The van der Waals surface area contributed by atoms with Crippen LogP contribution >= 0.6 is 0 Å². The van der Waals surface area contributed by atoms with Gasteiger partial charge in [-0.1, -0.05) is 20.8 Å². The summed E-state index contributed by atoms with van der Waals surface area (Å²) in [5.74, 6) is 0.466. The van der Waals surface area contributed by atoms with Crippen LogP contribution in [0, 0.1) is 34.5 Å². The monoisotopic (exact) mass is 193 g/mol. The predicted molar refractivity (Wildman–Crippen MR) is 54.3 cm³/mol. The van der Waals surface area contributed by atoms with Crippen LogP contribution in [-0.2, 0) is 0 Å². The molecule has 2 nitrogen and oxygen atoms in total. The second-order valence-corrected chi connectivity index (χ2v) is 5.79. The topological polar surface area (TPSA) is 44.0 Å². The number of fused-ring (bicyclic) bond motifs is 1. The van der Waals surface area contributed by atoms with E-state index in [0.717, 1.165) is 19.3 Å². The molecule has 2 saturated carbocycles. The molecule has 2 aliphatic rings. The maximum Gasteiger partial charge on any atom is 0.0863 e. The first-order chi connectivity index (χ1) is 6.43. The lowest BCUT2D eigenvalue weighted by molar-refractivity contribution is -0.0468. The van der Waals surface area contributed by atoms with Gasteiger partial charge in [-0.15, -0.1) is 0 Å². The van der Waals surface area contributed by atoms with Crippen molar-refractivity contribution in [2.45, 2.75) is 45.6 Å². The zero-order valence-electron chi connectivity index (χ0n) is 9.25. The number of hydrogen-bond donors (Lipinski definition) is 1. The molecule has 0 amide bonds. The quantitative estimate of drug-likeness (QED) is 0.641. The second kappa shape index (κ2) is 2.73. The van der Waals surface area contributed by atoms with Gasteiger partial charge >= 0.3 is 0 Å². The van der Waals surface area contributed by atoms with Crippen LogP contribution in [-0.4, -0.2) is 10.7 Å². The molecule has 14 heavy (non-hydrogen) atoms. The average molecular weight is 193 g/mol. The Morgan fingerprint density at radius 3 is 2.57 bits per heavy atom. The van der Waals surface area contributed by atoms with Crippen LogP contribution in [0.4, 0.5) is 0 Å². The highest BCUT2D eigenvalue weighted by atomic mass is 16.3. The molecule has 0 spiro atoms. The molecule has 0 heterocycles. The highest BCUT2D eigenvalue weighted by Gasteiger charge is 2.62. The first-order valence-electron chi connectivity index (χ1n) is 5.55. The van der Waals surface area contributed by atoms with Gasteiger partial charge in [0.15, 0.2) is 0 Å². The molecule has 0 bridgehead atoms. The molecule has 0 aromatic heterocycles. The largest absolute Gasteiger partial charge is 0.388 e. The second-order valence-electron chi connectivity index (χ2n) is 5.79. The summed E-state index contributed by atoms with van der Waals surface area (Å²) in [5.41, 5.74) is -0.557. The fourth-order valence-corrected chi connectivity index (χ4v) is 3.81. The van der Waals surface area contributed by atoms with Crippen LogP contribution in [0.5, 0.6) is 0 Å². The van der Waals surface area contributed by atoms with Crippen molar-refractivity contribution in [1.82, 2.24) is 0 Å². The van der Waals surface area contributed by atoms with E-state index in [1.165, 1.54) is 0 Å². The van der Waals surface area contributed by atoms with E-state index in [9.17, 15) is 5.11 Å². The average Bonchev–Trinajstić information content (AvgIpc) is 2.50. The first kappa shape index (κ1) is 9.98. The summed E-state index contributed by atoms with van der Waals surface area (Å²) in [7, 11) is 0. The third-order valence-corrected chi connectivity index (χ3v) is 4.62. The van der Waals surface area contributed by atoms with Gasteiger partial charge in [-0.05, 0) is 36.5 Å². The van der Waals surface area contributed by atoms with Crippen molar-refractivity contribution in [3.8, 4) is 6.07 Å². The Bertz CT molecular complexity index is 291. The van der Waals surface area contributed by atoms with Crippen molar-refractivity contribution < 1.29 is 5.11 Å². The van der Waals surface area contributed by atoms with Crippen LogP contribution < -0.4 is 0 Å². The molecule has 0 radical (unpaired) electrons. The first-order valence-corrected chi connectivity index (χ1v) is 5.55. The normalized spacial score (nSPS) is 50.1. The number of rotatable bonds is 0. The molecule has 2 heteroatoms. The molecule has 4 atom stereocenters. The van der Waals surface area contributed by atoms with Gasteiger partial charge in [-0.3, -0.25) is 0 Å². The molecule has 2 fully saturated rings. The third-order valence-electron chi connectivity index (χ3n) is 4.62. The highest BCUT2D eigenvalue weighted by molar-refractivity contribution is 5.17. The Balaban J connectivity index is 2.42. The van der Waals surface area contributed by atoms with Crippen molar-refractivity contribution in [2.75, 3.05) is 0 Å². The molecule has 0 aromatic carbocycles. The summed E-state index contributed by atoms with van der Waals surface area (Å²) < 4.78 is 0. The van der Waals surface area contributed by atoms with Crippen LogP contribution in [0.25, 0.3) is 0 Å². The lowest BCUT2D eigenvalue weighted by Crippen LogP contribution is -2.42. The van der Waals surface area contributed by atoms with Crippen LogP contribution in [0.2, 0.25) is 0 Å². The van der Waals surface area contributed by atoms with E-state index in [4.69, 9.17) is 5.26 Å². The summed E-state index contributed by atoms with van der Waals surface area (Å²) in [5, 5.41) is 19.8. The SMILES string of the molecule is C[C@H]1CC[C@H]2C(C)(C)C[C@H](C#N)[C@@]12O. The predicted octanol–water partition coefficient (Wildman–Crippen LogP) is 2.33. The van der Waals surface area contributed by atoms with E-state index < -0.39 is 5.60 Å². The fraction of sp³-hybridized carbons (Fsp3) is 0.917. The number of nitriles is 1. The third kappa shape index (κ3) is 0.995. The Morgan fingerprint density at radius 1 is 1.36 bits per heavy atom. The van der Waals surface area contributed by atoms with Crippen molar-refractivity contribution in [3.63, 3.8) is 0 Å². The fourth-order valence-electron chi connectivity index (χ4n) is 3.81. The molecule has 78 valence electrons. The summed E-state index contributed by atoms with van der Waals surface area (Å²) in [4.78, 5) is 0. The smallest absolute Gasteiger partial charge is 0.0863 e. The van der Waals surface area contributed by atoms with Crippen molar-refractivity contribution >= 4 is 0 Å². The summed E-state index contributed by atoms with van der Waals surface area (Å²) in [6.07, 6.45) is 3.01. The minimum absolute atomic E-state index is 0.139. The minimum atomic E-state index is -0.696. The molecule has 2 rings (SSSR count). The van der Waals surface area contributed by atoms with Crippen LogP contribution in [0.15, 0.2) is 0 Å². The van der Waals surface area contributed by atoms with Crippen molar-refractivity contribution in [1.29, 1.82) is 5.26 Å². The van der Waals surface area contributed by atoms with Gasteiger partial charge in [0.2, 0.25) is 0 Å². The maximum absolute atomic E-state index is 10.7. The van der Waals surface area contributed by atoms with E-state index in [0.29, 0.717) is 11.8 Å². The Hall–Kier alpha value is -0.550. The lowest BCUT2D eigenvalue weighted by Gasteiger charge is -2.33. The number of aliphatic hydroxyl groups is 1. The Kier molecular flexibility index (Phi) is 1.95. The van der Waals surface area contributed by atoms with Gasteiger partial charge < -0.3 is 5.11 Å². The molecular weight excluding hydrogens is 174 g/mol. The molecule has 0 aliphatic heterocycles. The summed E-state index contributed by atoms with van der Waals surface area (Å²) in [6.45, 7) is 6.47. The van der Waals surface area contributed by atoms with Gasteiger partial charge in [-0.2, -0.15) is 5.26 Å². The van der Waals surface area contributed by atoms with E-state index in [2.05, 4.69) is 26.8 Å². The van der Waals surface area contributed by atoms with Gasteiger partial charge in [0, 0.05) is 0 Å². The Morgan fingerprint density at radius 2 is 2.00 bits per heavy atom. The van der Waals surface area contributed by atoms with Gasteiger partial charge in [0.25, 0.3) is 0 Å². The molecule has 1 N–H and O–H groups in total. The lowest BCUT2D eigenvalue weighted by atomic mass is 9.76. The standard InChI is InChI=1S/C12H19NO/c1-8-4-5-10-11(2,3)6-9(7-13)12(8,10)14/h8-10,14H,4-6H2,1-3H3/t8-,9+,10-,12-/m0/s1. The molecule has 0 unspecified atom stereocenters. The van der Waals surface area contributed by atoms with Crippen molar-refractivity contribution in [2.24, 2.45) is 23.2 Å². The number of hydrogen-bond acceptors (Lipinski definition) is 2. The van der Waals surface area contributed by atoms with Gasteiger partial charge in [0.1, 0.15) is 0 Å². The minimum Gasteiger partial charge on any atom is -0.388 e. The van der Waals surface area contributed by atoms with Gasteiger partial charge in [-0.25, -0.2) is 0 Å². The summed E-state index contributed by atoms with van der Waals surface area (Å²) >= 11 is 0. The van der Waals surface area contributed by atoms with E-state index in [-0.39, 0.29) is 11.3 Å². The van der Waals surface area contributed by atoms with E-state index in [1.54, 1.807) is 0 Å². The van der Waals surface area contributed by atoms with E-state index >= 15 is 0 Å². The highest BCUT2D eigenvalue weighted by Crippen LogP contribution is 2.61.